The minimum atomic E-state index is -0.981. The highest BCUT2D eigenvalue weighted by atomic mass is 16.4. The molecule has 5 heteroatoms. The molecule has 1 unspecified atom stereocenters. The van der Waals surface area contributed by atoms with E-state index >= 15 is 0 Å². The quantitative estimate of drug-likeness (QED) is 0.674. The Hall–Kier alpha value is -1.10. The summed E-state index contributed by atoms with van der Waals surface area (Å²) in [4.78, 5) is 25.2. The highest BCUT2D eigenvalue weighted by Crippen LogP contribution is 1.99. The van der Waals surface area contributed by atoms with Gasteiger partial charge < -0.3 is 14.9 Å². The third-order valence-electron chi connectivity index (χ3n) is 2.10. The Kier molecular flexibility index (Phi) is 5.15. The zero-order chi connectivity index (χ0) is 11.3. The van der Waals surface area contributed by atoms with Gasteiger partial charge in [-0.05, 0) is 21.0 Å². The van der Waals surface area contributed by atoms with Crippen LogP contribution in [0, 0.1) is 0 Å². The summed E-state index contributed by atoms with van der Waals surface area (Å²) in [5.74, 6) is -1.13. The Labute approximate surface area is 84.3 Å². The van der Waals surface area contributed by atoms with E-state index in [1.165, 1.54) is 18.9 Å². The van der Waals surface area contributed by atoms with E-state index in [-0.39, 0.29) is 5.91 Å². The average Bonchev–Trinajstić information content (AvgIpc) is 2.11. The number of aliphatic carboxylic acids is 1. The van der Waals surface area contributed by atoms with Crippen molar-refractivity contribution in [2.45, 2.75) is 19.4 Å². The molecule has 5 nitrogen and oxygen atoms in total. The zero-order valence-corrected chi connectivity index (χ0v) is 9.15. The highest BCUT2D eigenvalue weighted by Gasteiger charge is 2.20. The Morgan fingerprint density at radius 2 is 1.79 bits per heavy atom. The number of nitrogens with zero attached hydrogens (tertiary/aromatic N) is 2. The molecule has 0 aliphatic carbocycles. The van der Waals surface area contributed by atoms with Crippen LogP contribution in [0.2, 0.25) is 0 Å². The van der Waals surface area contributed by atoms with E-state index in [1.54, 1.807) is 0 Å². The van der Waals surface area contributed by atoms with Gasteiger partial charge in [0.1, 0.15) is 6.04 Å². The van der Waals surface area contributed by atoms with Gasteiger partial charge in [0.2, 0.25) is 5.91 Å². The van der Waals surface area contributed by atoms with Crippen LogP contribution in [0.15, 0.2) is 0 Å². The molecule has 82 valence electrons. The fourth-order valence-corrected chi connectivity index (χ4v) is 0.877. The number of carboxylic acid groups (broad SMARTS) is 1. The van der Waals surface area contributed by atoms with E-state index in [0.717, 1.165) is 0 Å². The second-order valence-corrected chi connectivity index (χ2v) is 3.57. The van der Waals surface area contributed by atoms with Crippen LogP contribution in [0.5, 0.6) is 0 Å². The topological polar surface area (TPSA) is 60.9 Å². The maximum absolute atomic E-state index is 11.4. The van der Waals surface area contributed by atoms with E-state index in [1.807, 2.05) is 19.0 Å². The first-order chi connectivity index (χ1) is 6.36. The van der Waals surface area contributed by atoms with Gasteiger partial charge in [-0.3, -0.25) is 4.79 Å². The second kappa shape index (κ2) is 5.59. The van der Waals surface area contributed by atoms with E-state index in [0.29, 0.717) is 13.0 Å². The highest BCUT2D eigenvalue weighted by molar-refractivity contribution is 5.83. The van der Waals surface area contributed by atoms with Crippen molar-refractivity contribution in [1.82, 2.24) is 9.80 Å². The number of hydrogen-bond acceptors (Lipinski definition) is 3. The molecule has 0 heterocycles. The van der Waals surface area contributed by atoms with Crippen LogP contribution in [0.3, 0.4) is 0 Å². The molecule has 0 spiro atoms. The first-order valence-electron chi connectivity index (χ1n) is 4.49. The van der Waals surface area contributed by atoms with Gasteiger partial charge in [-0.25, -0.2) is 4.79 Å². The van der Waals surface area contributed by atoms with Gasteiger partial charge in [0.15, 0.2) is 0 Å². The summed E-state index contributed by atoms with van der Waals surface area (Å²) in [5.41, 5.74) is 0. The monoisotopic (exact) mass is 202 g/mol. The van der Waals surface area contributed by atoms with Gasteiger partial charge in [-0.15, -0.1) is 0 Å². The van der Waals surface area contributed by atoms with Crippen molar-refractivity contribution < 1.29 is 14.7 Å². The van der Waals surface area contributed by atoms with Gasteiger partial charge in [0.05, 0.1) is 0 Å². The van der Waals surface area contributed by atoms with Crippen LogP contribution < -0.4 is 0 Å². The van der Waals surface area contributed by atoms with Crippen LogP contribution in [0.1, 0.15) is 13.3 Å². The molecule has 0 bridgehead atoms. The lowest BCUT2D eigenvalue weighted by molar-refractivity contribution is -0.148. The molecule has 0 aromatic heterocycles. The minimum absolute atomic E-state index is 0.145. The van der Waals surface area contributed by atoms with Crippen LogP contribution in [-0.2, 0) is 9.59 Å². The van der Waals surface area contributed by atoms with Crippen molar-refractivity contribution in [3.05, 3.63) is 0 Å². The van der Waals surface area contributed by atoms with Gasteiger partial charge >= 0.3 is 5.97 Å². The standard InChI is InChI=1S/C9H18N2O3/c1-7(9(13)14)11(4)8(12)5-6-10(2)3/h7H,5-6H2,1-4H3,(H,13,14). The Morgan fingerprint density at radius 1 is 1.29 bits per heavy atom. The molecule has 1 amide bonds. The first kappa shape index (κ1) is 12.9. The first-order valence-corrected chi connectivity index (χ1v) is 4.49. The molecule has 0 aliphatic rings. The lowest BCUT2D eigenvalue weighted by Gasteiger charge is -2.22. The Bertz CT molecular complexity index is 216. The molecule has 1 N–H and O–H groups in total. The van der Waals surface area contributed by atoms with Crippen molar-refractivity contribution in [3.63, 3.8) is 0 Å². The predicted molar refractivity (Wildman–Crippen MR) is 53.0 cm³/mol. The SMILES string of the molecule is CC(C(=O)O)N(C)C(=O)CCN(C)C. The van der Waals surface area contributed by atoms with E-state index < -0.39 is 12.0 Å². The molecule has 0 aromatic carbocycles. The van der Waals surface area contributed by atoms with E-state index in [4.69, 9.17) is 5.11 Å². The van der Waals surface area contributed by atoms with Crippen molar-refractivity contribution >= 4 is 11.9 Å². The van der Waals surface area contributed by atoms with Crippen molar-refractivity contribution in [2.75, 3.05) is 27.7 Å². The maximum Gasteiger partial charge on any atom is 0.326 e. The number of likely N-dealkylation sites (N-methyl/N-ethyl adjacent to an activating group) is 1. The van der Waals surface area contributed by atoms with Gasteiger partial charge in [-0.2, -0.15) is 0 Å². The molecule has 0 fully saturated rings. The molecule has 0 radical (unpaired) electrons. The van der Waals surface area contributed by atoms with E-state index in [9.17, 15) is 9.59 Å². The van der Waals surface area contributed by atoms with Gasteiger partial charge in [0, 0.05) is 20.0 Å². The summed E-state index contributed by atoms with van der Waals surface area (Å²) < 4.78 is 0. The smallest absolute Gasteiger partial charge is 0.326 e. The van der Waals surface area contributed by atoms with Crippen LogP contribution in [0.25, 0.3) is 0 Å². The van der Waals surface area contributed by atoms with Crippen molar-refractivity contribution in [2.24, 2.45) is 0 Å². The lowest BCUT2D eigenvalue weighted by Crippen LogP contribution is -2.41. The number of amides is 1. The second-order valence-electron chi connectivity index (χ2n) is 3.57. The molecule has 0 saturated carbocycles. The van der Waals surface area contributed by atoms with Gasteiger partial charge in [-0.1, -0.05) is 0 Å². The molecule has 0 rings (SSSR count). The fraction of sp³-hybridized carbons (Fsp3) is 0.778. The summed E-state index contributed by atoms with van der Waals surface area (Å²) in [6.07, 6.45) is 0.348. The summed E-state index contributed by atoms with van der Waals surface area (Å²) >= 11 is 0. The normalized spacial score (nSPS) is 12.6. The Balaban J connectivity index is 4.05. The molecular formula is C9H18N2O3. The summed E-state index contributed by atoms with van der Waals surface area (Å²) in [5, 5.41) is 8.67. The maximum atomic E-state index is 11.4. The summed E-state index contributed by atoms with van der Waals surface area (Å²) in [6, 6.07) is -0.760. The number of carbonyl (C=O) groups is 2. The largest absolute Gasteiger partial charge is 0.480 e. The third kappa shape index (κ3) is 4.23. The number of rotatable bonds is 5. The average molecular weight is 202 g/mol. The number of carboxylic acids is 1. The molecule has 14 heavy (non-hydrogen) atoms. The van der Waals surface area contributed by atoms with Crippen molar-refractivity contribution in [3.8, 4) is 0 Å². The van der Waals surface area contributed by atoms with Crippen LogP contribution in [-0.4, -0.2) is 60.5 Å². The fourth-order valence-electron chi connectivity index (χ4n) is 0.877. The lowest BCUT2D eigenvalue weighted by atomic mass is 10.2. The minimum Gasteiger partial charge on any atom is -0.480 e. The molecule has 0 aliphatic heterocycles. The molecule has 0 aromatic rings. The molecule has 0 saturated heterocycles. The Morgan fingerprint density at radius 3 is 2.14 bits per heavy atom. The summed E-state index contributed by atoms with van der Waals surface area (Å²) in [6.45, 7) is 2.13. The van der Waals surface area contributed by atoms with E-state index in [2.05, 4.69) is 0 Å². The van der Waals surface area contributed by atoms with Crippen LogP contribution >= 0.6 is 0 Å². The van der Waals surface area contributed by atoms with Gasteiger partial charge in [0.25, 0.3) is 0 Å². The zero-order valence-electron chi connectivity index (χ0n) is 9.15. The van der Waals surface area contributed by atoms with Crippen molar-refractivity contribution in [1.29, 1.82) is 0 Å². The van der Waals surface area contributed by atoms with Crippen LogP contribution in [0.4, 0.5) is 0 Å². The third-order valence-corrected chi connectivity index (χ3v) is 2.10. The molecular weight excluding hydrogens is 184 g/mol. The number of hydrogen-bond donors (Lipinski definition) is 1. The predicted octanol–water partition coefficient (Wildman–Crippen LogP) is -0.130. The molecule has 1 atom stereocenters. The summed E-state index contributed by atoms with van der Waals surface area (Å²) in [7, 11) is 5.25. The number of carbonyl (C=O) groups excluding carboxylic acids is 1.